The van der Waals surface area contributed by atoms with E-state index in [0.29, 0.717) is 18.3 Å². The van der Waals surface area contributed by atoms with Gasteiger partial charge in [0.1, 0.15) is 0 Å². The van der Waals surface area contributed by atoms with Crippen molar-refractivity contribution in [1.82, 2.24) is 20.2 Å². The Kier molecular flexibility index (Phi) is 7.68. The monoisotopic (exact) mass is 388 g/mol. The van der Waals surface area contributed by atoms with Crippen molar-refractivity contribution in [2.24, 2.45) is 10.2 Å². The highest BCUT2D eigenvalue weighted by Gasteiger charge is 2.45. The number of nitrogens with zero attached hydrogens (tertiary/aromatic N) is 6. The van der Waals surface area contributed by atoms with E-state index in [4.69, 9.17) is 9.47 Å². The lowest BCUT2D eigenvalue weighted by atomic mass is 10.3. The third-order valence-corrected chi connectivity index (χ3v) is 5.03. The molecule has 138 valence electrons. The van der Waals surface area contributed by atoms with Crippen molar-refractivity contribution in [3.8, 4) is 0 Å². The molecule has 1 aliphatic rings. The molecule has 0 atom stereocenters. The molecule has 1 saturated heterocycles. The zero-order chi connectivity index (χ0) is 18.2. The Morgan fingerprint density at radius 1 is 1.12 bits per heavy atom. The first-order valence-electron chi connectivity index (χ1n) is 7.60. The SMILES string of the molecule is CCSc1nnc(/N=N/C2C(=O)N(CCOC)N(CCOC)C2=O)s1. The van der Waals surface area contributed by atoms with Crippen LogP contribution in [-0.4, -0.2) is 84.3 Å². The van der Waals surface area contributed by atoms with Crippen LogP contribution in [0, 0.1) is 0 Å². The Labute approximate surface area is 153 Å². The summed E-state index contributed by atoms with van der Waals surface area (Å²) in [4.78, 5) is 25.0. The second-order valence-corrected chi connectivity index (χ2v) is 7.28. The molecule has 1 aromatic rings. The molecule has 10 nitrogen and oxygen atoms in total. The summed E-state index contributed by atoms with van der Waals surface area (Å²) in [5.41, 5.74) is 0. The predicted octanol–water partition coefficient (Wildman–Crippen LogP) is 0.981. The van der Waals surface area contributed by atoms with Crippen molar-refractivity contribution in [3.05, 3.63) is 0 Å². The van der Waals surface area contributed by atoms with Crippen LogP contribution in [-0.2, 0) is 19.1 Å². The van der Waals surface area contributed by atoms with Crippen molar-refractivity contribution >= 4 is 40.0 Å². The molecule has 1 aliphatic heterocycles. The van der Waals surface area contributed by atoms with Gasteiger partial charge in [0.2, 0.25) is 6.04 Å². The van der Waals surface area contributed by atoms with Gasteiger partial charge in [-0.05, 0) is 5.75 Å². The van der Waals surface area contributed by atoms with Crippen LogP contribution >= 0.6 is 23.1 Å². The van der Waals surface area contributed by atoms with Crippen LogP contribution in [0.25, 0.3) is 0 Å². The van der Waals surface area contributed by atoms with Crippen LogP contribution in [0.3, 0.4) is 0 Å². The average molecular weight is 388 g/mol. The van der Waals surface area contributed by atoms with Gasteiger partial charge in [-0.15, -0.1) is 15.3 Å². The van der Waals surface area contributed by atoms with E-state index in [2.05, 4.69) is 20.4 Å². The molecule has 0 bridgehead atoms. The van der Waals surface area contributed by atoms with Gasteiger partial charge in [0.05, 0.1) is 26.3 Å². The maximum Gasteiger partial charge on any atom is 0.277 e. The highest BCUT2D eigenvalue weighted by Crippen LogP contribution is 2.28. The van der Waals surface area contributed by atoms with Crippen LogP contribution in [0.15, 0.2) is 14.6 Å². The maximum absolute atomic E-state index is 12.5. The first kappa shape index (κ1) is 19.7. The molecule has 0 aromatic carbocycles. The Balaban J connectivity index is 2.11. The summed E-state index contributed by atoms with van der Waals surface area (Å²) in [6.45, 7) is 3.13. The lowest BCUT2D eigenvalue weighted by molar-refractivity contribution is -0.149. The molecule has 0 aliphatic carbocycles. The lowest BCUT2D eigenvalue weighted by Gasteiger charge is -2.26. The topological polar surface area (TPSA) is 110 Å². The third kappa shape index (κ3) is 4.93. The zero-order valence-electron chi connectivity index (χ0n) is 14.2. The van der Waals surface area contributed by atoms with Gasteiger partial charge in [-0.2, -0.15) is 5.11 Å². The number of rotatable bonds is 10. The van der Waals surface area contributed by atoms with Gasteiger partial charge in [-0.3, -0.25) is 9.59 Å². The second kappa shape index (κ2) is 9.75. The number of azo groups is 1. The highest BCUT2D eigenvalue weighted by atomic mass is 32.2. The van der Waals surface area contributed by atoms with Gasteiger partial charge < -0.3 is 9.47 Å². The second-order valence-electron chi connectivity index (χ2n) is 4.81. The van der Waals surface area contributed by atoms with E-state index < -0.39 is 17.9 Å². The number of hydrazine groups is 1. The Hall–Kier alpha value is -1.63. The number of hydrogen-bond acceptors (Lipinski definition) is 10. The summed E-state index contributed by atoms with van der Waals surface area (Å²) in [7, 11) is 3.06. The predicted molar refractivity (Wildman–Crippen MR) is 91.8 cm³/mol. The molecule has 0 spiro atoms. The summed E-state index contributed by atoms with van der Waals surface area (Å²) in [5, 5.41) is 18.6. The van der Waals surface area contributed by atoms with E-state index in [1.807, 2.05) is 6.92 Å². The summed E-state index contributed by atoms with van der Waals surface area (Å²) >= 11 is 2.80. The fraction of sp³-hybridized carbons (Fsp3) is 0.692. The molecule has 25 heavy (non-hydrogen) atoms. The Morgan fingerprint density at radius 2 is 1.72 bits per heavy atom. The third-order valence-electron chi connectivity index (χ3n) is 3.20. The smallest absolute Gasteiger partial charge is 0.277 e. The lowest BCUT2D eigenvalue weighted by Crippen LogP contribution is -2.44. The van der Waals surface area contributed by atoms with Crippen molar-refractivity contribution in [1.29, 1.82) is 0 Å². The van der Waals surface area contributed by atoms with Crippen molar-refractivity contribution in [2.75, 3.05) is 46.3 Å². The van der Waals surface area contributed by atoms with Gasteiger partial charge in [0.25, 0.3) is 16.9 Å². The number of hydrogen-bond donors (Lipinski definition) is 0. The van der Waals surface area contributed by atoms with E-state index >= 15 is 0 Å². The molecule has 1 fully saturated rings. The molecule has 0 saturated carbocycles. The fourth-order valence-electron chi connectivity index (χ4n) is 2.07. The van der Waals surface area contributed by atoms with Crippen LogP contribution in [0.4, 0.5) is 5.13 Å². The largest absolute Gasteiger partial charge is 0.383 e. The number of carbonyl (C=O) groups excluding carboxylic acids is 2. The van der Waals surface area contributed by atoms with Gasteiger partial charge in [0, 0.05) is 14.2 Å². The van der Waals surface area contributed by atoms with Gasteiger partial charge in [-0.25, -0.2) is 10.0 Å². The number of methoxy groups -OCH3 is 2. The molecule has 0 N–H and O–H groups in total. The quantitative estimate of drug-likeness (QED) is 0.334. The molecule has 2 heterocycles. The molecular weight excluding hydrogens is 368 g/mol. The maximum atomic E-state index is 12.5. The molecule has 2 amide bonds. The molecule has 0 unspecified atom stereocenters. The fourth-order valence-corrected chi connectivity index (χ4v) is 3.64. The average Bonchev–Trinajstić information content (AvgIpc) is 3.13. The van der Waals surface area contributed by atoms with E-state index in [-0.39, 0.29) is 13.1 Å². The first-order chi connectivity index (χ1) is 12.1. The zero-order valence-corrected chi connectivity index (χ0v) is 15.9. The minimum Gasteiger partial charge on any atom is -0.383 e. The van der Waals surface area contributed by atoms with Crippen LogP contribution < -0.4 is 0 Å². The number of thioether (sulfide) groups is 1. The van der Waals surface area contributed by atoms with E-state index in [0.717, 1.165) is 10.1 Å². The molecular formula is C13H20N6O4S2. The highest BCUT2D eigenvalue weighted by molar-refractivity contribution is 8.01. The molecule has 1 aromatic heterocycles. The normalized spacial score (nSPS) is 16.0. The summed E-state index contributed by atoms with van der Waals surface area (Å²) < 4.78 is 10.8. The molecule has 0 radical (unpaired) electrons. The molecule has 12 heteroatoms. The number of ether oxygens (including phenoxy) is 2. The van der Waals surface area contributed by atoms with E-state index in [1.165, 1.54) is 47.3 Å². The van der Waals surface area contributed by atoms with Crippen molar-refractivity contribution < 1.29 is 19.1 Å². The summed E-state index contributed by atoms with van der Waals surface area (Å²) in [6.07, 6.45) is 0. The van der Waals surface area contributed by atoms with Gasteiger partial charge >= 0.3 is 0 Å². The molecule has 2 rings (SSSR count). The van der Waals surface area contributed by atoms with Crippen molar-refractivity contribution in [2.45, 2.75) is 17.3 Å². The van der Waals surface area contributed by atoms with E-state index in [1.54, 1.807) is 0 Å². The summed E-state index contributed by atoms with van der Waals surface area (Å²) in [5.74, 6) is -0.00182. The van der Waals surface area contributed by atoms with Gasteiger partial charge in [-0.1, -0.05) is 30.0 Å². The Morgan fingerprint density at radius 3 is 2.24 bits per heavy atom. The summed E-state index contributed by atoms with van der Waals surface area (Å²) in [6, 6.07) is -1.21. The van der Waals surface area contributed by atoms with Crippen LogP contribution in [0.1, 0.15) is 6.92 Å². The Bertz CT molecular complexity index is 599. The standard InChI is InChI=1S/C13H20N6O4S2/c1-4-24-13-17-16-12(25-13)15-14-9-10(20)18(5-7-22-2)19(11(9)21)6-8-23-3/h9H,4-8H2,1-3H3/b15-14+. The number of aromatic nitrogens is 2. The number of carbonyl (C=O) groups is 2. The minimum atomic E-state index is -1.21. The number of amides is 2. The van der Waals surface area contributed by atoms with Crippen LogP contribution in [0.5, 0.6) is 0 Å². The van der Waals surface area contributed by atoms with E-state index in [9.17, 15) is 9.59 Å². The van der Waals surface area contributed by atoms with Gasteiger partial charge in [0.15, 0.2) is 4.34 Å². The minimum absolute atomic E-state index is 0.257. The van der Waals surface area contributed by atoms with Crippen molar-refractivity contribution in [3.63, 3.8) is 0 Å². The first-order valence-corrected chi connectivity index (χ1v) is 9.40. The van der Waals surface area contributed by atoms with Crippen LogP contribution in [0.2, 0.25) is 0 Å².